The average molecular weight is 427 g/mol. The fraction of sp³-hybridized carbons (Fsp3) is 0.259. The number of methoxy groups -OCH3 is 1. The maximum Gasteiger partial charge on any atom is 0.336 e. The zero-order valence-corrected chi connectivity index (χ0v) is 18.5. The number of carbonyl (C=O) groups excluding carboxylic acids is 2. The van der Waals surface area contributed by atoms with E-state index in [0.29, 0.717) is 17.6 Å². The first-order valence-corrected chi connectivity index (χ1v) is 10.9. The maximum absolute atomic E-state index is 13.8. The highest BCUT2D eigenvalue weighted by molar-refractivity contribution is 6.07. The van der Waals surface area contributed by atoms with Crippen LogP contribution in [0.5, 0.6) is 0 Å². The van der Waals surface area contributed by atoms with E-state index in [-0.39, 0.29) is 11.7 Å². The largest absolute Gasteiger partial charge is 0.466 e. The summed E-state index contributed by atoms with van der Waals surface area (Å²) in [5.41, 5.74) is 4.92. The molecule has 2 heterocycles. The second-order valence-electron chi connectivity index (χ2n) is 8.78. The summed E-state index contributed by atoms with van der Waals surface area (Å²) in [7, 11) is 1.39. The molecule has 2 aliphatic rings. The summed E-state index contributed by atoms with van der Waals surface area (Å²) in [6.45, 7) is 3.88. The molecule has 162 valence electrons. The van der Waals surface area contributed by atoms with E-state index in [0.717, 1.165) is 39.8 Å². The number of fused-ring (bicyclic) bond motifs is 1. The van der Waals surface area contributed by atoms with Gasteiger partial charge in [0.05, 0.1) is 18.1 Å². The Kier molecular flexibility index (Phi) is 4.77. The third kappa shape index (κ3) is 2.92. The van der Waals surface area contributed by atoms with Crippen LogP contribution >= 0.6 is 0 Å². The number of hydrogen-bond acceptors (Lipinski definition) is 4. The summed E-state index contributed by atoms with van der Waals surface area (Å²) in [4.78, 5) is 30.1. The number of dihydropyridines is 1. The number of ketones is 1. The fourth-order valence-corrected chi connectivity index (χ4v) is 5.61. The van der Waals surface area contributed by atoms with E-state index in [4.69, 9.17) is 4.74 Å². The molecule has 3 aromatic rings. The predicted octanol–water partition coefficient (Wildman–Crippen LogP) is 4.88. The minimum atomic E-state index is -0.918. The number of hydrogen-bond donors (Lipinski definition) is 2. The Bertz CT molecular complexity index is 1300. The van der Waals surface area contributed by atoms with Crippen molar-refractivity contribution in [2.24, 2.45) is 0 Å². The number of benzene rings is 2. The highest BCUT2D eigenvalue weighted by Crippen LogP contribution is 2.50. The quantitative estimate of drug-likeness (QED) is 0.586. The van der Waals surface area contributed by atoms with Gasteiger partial charge in [-0.25, -0.2) is 4.79 Å². The van der Waals surface area contributed by atoms with E-state index in [1.165, 1.54) is 7.11 Å². The van der Waals surface area contributed by atoms with Gasteiger partial charge in [0, 0.05) is 40.5 Å². The van der Waals surface area contributed by atoms with Crippen LogP contribution in [0, 0.1) is 0 Å². The lowest BCUT2D eigenvalue weighted by atomic mass is 9.62. The van der Waals surface area contributed by atoms with Gasteiger partial charge in [-0.3, -0.25) is 4.79 Å². The molecule has 2 aromatic carbocycles. The van der Waals surface area contributed by atoms with Crippen LogP contribution in [-0.4, -0.2) is 23.8 Å². The molecule has 0 amide bonds. The number of H-pyrrole nitrogens is 1. The van der Waals surface area contributed by atoms with Crippen LogP contribution in [0.2, 0.25) is 0 Å². The molecular weight excluding hydrogens is 400 g/mol. The summed E-state index contributed by atoms with van der Waals surface area (Å²) in [5, 5.41) is 4.41. The first-order chi connectivity index (χ1) is 15.4. The molecule has 5 rings (SSSR count). The second kappa shape index (κ2) is 7.52. The molecule has 1 aromatic heterocycles. The SMILES string of the molecule is COC(=O)C1=C(C)NC2=C(C(=O)C[C@H](c3ccccc3)C2)[C@@]1(C)c1cccc2[nH]ccc12. The number of rotatable bonds is 3. The van der Waals surface area contributed by atoms with E-state index in [1.807, 2.05) is 62.5 Å². The normalized spacial score (nSPS) is 23.2. The topological polar surface area (TPSA) is 71.2 Å². The van der Waals surface area contributed by atoms with Crippen molar-refractivity contribution in [3.63, 3.8) is 0 Å². The number of allylic oxidation sites excluding steroid dienone is 3. The molecule has 0 saturated carbocycles. The van der Waals surface area contributed by atoms with Crippen molar-refractivity contribution in [1.29, 1.82) is 0 Å². The van der Waals surface area contributed by atoms with Crippen molar-refractivity contribution in [2.75, 3.05) is 7.11 Å². The molecule has 0 saturated heterocycles. The van der Waals surface area contributed by atoms with Gasteiger partial charge in [-0.15, -0.1) is 0 Å². The molecule has 5 nitrogen and oxygen atoms in total. The minimum absolute atomic E-state index is 0.0662. The smallest absolute Gasteiger partial charge is 0.336 e. The lowest BCUT2D eigenvalue weighted by Gasteiger charge is -2.43. The number of ether oxygens (including phenoxy) is 1. The molecule has 2 N–H and O–H groups in total. The Balaban J connectivity index is 1.74. The number of esters is 1. The molecule has 0 spiro atoms. The van der Waals surface area contributed by atoms with Gasteiger partial charge in [-0.2, -0.15) is 0 Å². The third-order valence-corrected chi connectivity index (χ3v) is 6.97. The Labute approximate surface area is 187 Å². The Morgan fingerprint density at radius 3 is 2.59 bits per heavy atom. The molecule has 1 aliphatic carbocycles. The molecule has 32 heavy (non-hydrogen) atoms. The second-order valence-corrected chi connectivity index (χ2v) is 8.78. The average Bonchev–Trinajstić information content (AvgIpc) is 3.27. The van der Waals surface area contributed by atoms with Crippen molar-refractivity contribution in [3.05, 3.63) is 94.5 Å². The van der Waals surface area contributed by atoms with Gasteiger partial charge in [0.2, 0.25) is 0 Å². The van der Waals surface area contributed by atoms with E-state index in [1.54, 1.807) is 0 Å². The predicted molar refractivity (Wildman–Crippen MR) is 124 cm³/mol. The molecule has 5 heteroatoms. The molecular formula is C27H26N2O3. The van der Waals surface area contributed by atoms with Gasteiger partial charge in [0.1, 0.15) is 0 Å². The third-order valence-electron chi connectivity index (χ3n) is 6.97. The number of aromatic nitrogens is 1. The number of aromatic amines is 1. The minimum Gasteiger partial charge on any atom is -0.466 e. The van der Waals surface area contributed by atoms with Crippen LogP contribution in [0.25, 0.3) is 10.9 Å². The molecule has 0 bridgehead atoms. The highest BCUT2D eigenvalue weighted by atomic mass is 16.5. The Morgan fingerprint density at radius 2 is 1.84 bits per heavy atom. The number of carbonyl (C=O) groups is 2. The van der Waals surface area contributed by atoms with Crippen molar-refractivity contribution in [1.82, 2.24) is 10.3 Å². The molecule has 0 unspecified atom stereocenters. The van der Waals surface area contributed by atoms with E-state index in [9.17, 15) is 9.59 Å². The van der Waals surface area contributed by atoms with Gasteiger partial charge in [0.15, 0.2) is 5.78 Å². The van der Waals surface area contributed by atoms with Crippen LogP contribution in [0.1, 0.15) is 43.7 Å². The van der Waals surface area contributed by atoms with E-state index >= 15 is 0 Å². The lowest BCUT2D eigenvalue weighted by Crippen LogP contribution is -2.45. The molecule has 1 aliphatic heterocycles. The Morgan fingerprint density at radius 1 is 1.06 bits per heavy atom. The molecule has 0 radical (unpaired) electrons. The summed E-state index contributed by atoms with van der Waals surface area (Å²) in [6.07, 6.45) is 3.02. The first-order valence-electron chi connectivity index (χ1n) is 10.9. The highest BCUT2D eigenvalue weighted by Gasteiger charge is 2.50. The van der Waals surface area contributed by atoms with Crippen LogP contribution < -0.4 is 5.32 Å². The lowest BCUT2D eigenvalue weighted by molar-refractivity contribution is -0.136. The standard InChI is InChI=1S/C27H26N2O3/c1-16-24(26(31)32-3)27(2,20-10-7-11-21-19(20)12-13-28-21)25-22(29-16)14-18(15-23(25)30)17-8-5-4-6-9-17/h4-13,18,28-29H,14-15H2,1-3H3/t18-,27+/m1/s1. The van der Waals surface area contributed by atoms with Crippen LogP contribution in [0.4, 0.5) is 0 Å². The van der Waals surface area contributed by atoms with E-state index in [2.05, 4.69) is 22.4 Å². The summed E-state index contributed by atoms with van der Waals surface area (Å²) in [6, 6.07) is 18.1. The Hall–Kier alpha value is -3.60. The van der Waals surface area contributed by atoms with Crippen LogP contribution in [0.3, 0.4) is 0 Å². The summed E-state index contributed by atoms with van der Waals surface area (Å²) < 4.78 is 5.20. The van der Waals surface area contributed by atoms with Gasteiger partial charge in [-0.05, 0) is 49.4 Å². The molecule has 0 fully saturated rings. The van der Waals surface area contributed by atoms with Crippen molar-refractivity contribution in [2.45, 2.75) is 38.0 Å². The molecule has 2 atom stereocenters. The van der Waals surface area contributed by atoms with Crippen LogP contribution in [-0.2, 0) is 19.7 Å². The van der Waals surface area contributed by atoms with Crippen LogP contribution in [0.15, 0.2) is 83.3 Å². The van der Waals surface area contributed by atoms with Crippen molar-refractivity contribution in [3.8, 4) is 0 Å². The number of nitrogens with one attached hydrogen (secondary N) is 2. The van der Waals surface area contributed by atoms with E-state index < -0.39 is 11.4 Å². The van der Waals surface area contributed by atoms with Gasteiger partial charge >= 0.3 is 5.97 Å². The number of Topliss-reactive ketones (excluding diaryl/α,β-unsaturated/α-hetero) is 1. The van der Waals surface area contributed by atoms with Gasteiger partial charge in [0.25, 0.3) is 0 Å². The zero-order chi connectivity index (χ0) is 22.5. The first kappa shape index (κ1) is 20.3. The van der Waals surface area contributed by atoms with Gasteiger partial charge in [-0.1, -0.05) is 42.5 Å². The van der Waals surface area contributed by atoms with Gasteiger partial charge < -0.3 is 15.0 Å². The monoisotopic (exact) mass is 426 g/mol. The zero-order valence-electron chi connectivity index (χ0n) is 18.5. The fourth-order valence-electron chi connectivity index (χ4n) is 5.61. The van der Waals surface area contributed by atoms with Crippen molar-refractivity contribution < 1.29 is 14.3 Å². The maximum atomic E-state index is 13.8. The van der Waals surface area contributed by atoms with Crippen molar-refractivity contribution >= 4 is 22.7 Å². The summed E-state index contributed by atoms with van der Waals surface area (Å²) in [5.74, 6) is -0.249. The summed E-state index contributed by atoms with van der Waals surface area (Å²) >= 11 is 0.